The highest BCUT2D eigenvalue weighted by Gasteiger charge is 2.25. The van der Waals surface area contributed by atoms with Crippen LogP contribution in [0.4, 0.5) is 0 Å². The molecule has 0 radical (unpaired) electrons. The van der Waals surface area contributed by atoms with E-state index >= 15 is 0 Å². The van der Waals surface area contributed by atoms with Crippen LogP contribution in [0.2, 0.25) is 0 Å². The number of hydrogen-bond donors (Lipinski definition) is 1. The molecule has 1 aromatic carbocycles. The minimum absolute atomic E-state index is 0.264. The maximum atomic E-state index is 4.28. The molecule has 1 N–H and O–H groups in total. The van der Waals surface area contributed by atoms with Crippen molar-refractivity contribution in [2.24, 2.45) is 0 Å². The van der Waals surface area contributed by atoms with Gasteiger partial charge in [0.2, 0.25) is 0 Å². The Hall–Kier alpha value is -1.67. The Morgan fingerprint density at radius 1 is 1.19 bits per heavy atom. The zero-order valence-electron chi connectivity index (χ0n) is 13.0. The summed E-state index contributed by atoms with van der Waals surface area (Å²) in [4.78, 5) is 4.28. The summed E-state index contributed by atoms with van der Waals surface area (Å²) in [5.41, 5.74) is 5.66. The van der Waals surface area contributed by atoms with Crippen LogP contribution in [0.5, 0.6) is 0 Å². The highest BCUT2D eigenvalue weighted by molar-refractivity contribution is 5.42. The molecule has 1 heterocycles. The van der Waals surface area contributed by atoms with Crippen molar-refractivity contribution in [2.45, 2.75) is 44.6 Å². The molecular formula is C19H24N2. The molecular weight excluding hydrogens is 256 g/mol. The van der Waals surface area contributed by atoms with E-state index in [1.165, 1.54) is 41.5 Å². The number of nitrogens with one attached hydrogen (secondary N) is 1. The average molecular weight is 280 g/mol. The smallest absolute Gasteiger partial charge is 0.0580 e. The van der Waals surface area contributed by atoms with Crippen molar-refractivity contribution in [3.05, 3.63) is 65.0 Å². The van der Waals surface area contributed by atoms with Crippen molar-refractivity contribution in [3.8, 4) is 0 Å². The van der Waals surface area contributed by atoms with E-state index in [2.05, 4.69) is 54.6 Å². The van der Waals surface area contributed by atoms with Crippen LogP contribution in [0.15, 0.2) is 42.7 Å². The Kier molecular flexibility index (Phi) is 4.35. The highest BCUT2D eigenvalue weighted by Crippen LogP contribution is 2.40. The molecule has 0 amide bonds. The second-order valence-electron chi connectivity index (χ2n) is 5.91. The summed E-state index contributed by atoms with van der Waals surface area (Å²) in [6.07, 6.45) is 8.98. The Bertz CT molecular complexity index is 602. The predicted molar refractivity (Wildman–Crippen MR) is 87.6 cm³/mol. The topological polar surface area (TPSA) is 24.9 Å². The fourth-order valence-electron chi connectivity index (χ4n) is 3.36. The first kappa shape index (κ1) is 14.3. The molecule has 1 fully saturated rings. The molecule has 21 heavy (non-hydrogen) atoms. The van der Waals surface area contributed by atoms with Crippen LogP contribution in [0.1, 0.15) is 60.4 Å². The number of nitrogens with zero attached hydrogens (tertiary/aromatic N) is 1. The van der Waals surface area contributed by atoms with Crippen molar-refractivity contribution in [1.29, 1.82) is 0 Å². The summed E-state index contributed by atoms with van der Waals surface area (Å²) in [5, 5.41) is 3.53. The molecule has 2 aromatic rings. The molecule has 2 heteroatoms. The molecule has 1 saturated carbocycles. The predicted octanol–water partition coefficient (Wildman–Crippen LogP) is 4.22. The van der Waals surface area contributed by atoms with Crippen molar-refractivity contribution in [1.82, 2.24) is 10.3 Å². The molecule has 0 aliphatic heterocycles. The Morgan fingerprint density at radius 2 is 2.00 bits per heavy atom. The third-order valence-corrected chi connectivity index (χ3v) is 4.77. The maximum Gasteiger partial charge on any atom is 0.0580 e. The van der Waals surface area contributed by atoms with Gasteiger partial charge in [0.05, 0.1) is 6.04 Å². The minimum atomic E-state index is 0.264. The first-order valence-electron chi connectivity index (χ1n) is 8.04. The largest absolute Gasteiger partial charge is 0.309 e. The van der Waals surface area contributed by atoms with Gasteiger partial charge >= 0.3 is 0 Å². The lowest BCUT2D eigenvalue weighted by atomic mass is 9.76. The summed E-state index contributed by atoms with van der Waals surface area (Å²) in [6, 6.07) is 11.4. The number of rotatable bonds is 5. The summed E-state index contributed by atoms with van der Waals surface area (Å²) in [7, 11) is 2.06. The summed E-state index contributed by atoms with van der Waals surface area (Å²) >= 11 is 0. The van der Waals surface area contributed by atoms with Gasteiger partial charge in [-0.15, -0.1) is 0 Å². The number of aromatic nitrogens is 1. The van der Waals surface area contributed by atoms with Gasteiger partial charge in [0.15, 0.2) is 0 Å². The first-order chi connectivity index (χ1) is 10.3. The number of benzene rings is 1. The first-order valence-corrected chi connectivity index (χ1v) is 8.04. The van der Waals surface area contributed by atoms with Crippen LogP contribution in [0.25, 0.3) is 0 Å². The zero-order chi connectivity index (χ0) is 14.7. The van der Waals surface area contributed by atoms with Crippen LogP contribution in [-0.2, 0) is 6.42 Å². The van der Waals surface area contributed by atoms with Crippen molar-refractivity contribution >= 4 is 0 Å². The molecule has 1 aliphatic rings. The Labute approximate surface area is 127 Å². The van der Waals surface area contributed by atoms with E-state index in [0.717, 1.165) is 12.3 Å². The van der Waals surface area contributed by atoms with Gasteiger partial charge < -0.3 is 5.32 Å². The molecule has 1 atom stereocenters. The molecule has 2 nitrogen and oxygen atoms in total. The van der Waals surface area contributed by atoms with Crippen LogP contribution in [-0.4, -0.2) is 12.0 Å². The zero-order valence-corrected chi connectivity index (χ0v) is 13.0. The second-order valence-corrected chi connectivity index (χ2v) is 5.91. The molecule has 0 saturated heterocycles. The van der Waals surface area contributed by atoms with Gasteiger partial charge in [-0.25, -0.2) is 0 Å². The average Bonchev–Trinajstić information content (AvgIpc) is 2.48. The normalized spacial score (nSPS) is 16.5. The third-order valence-electron chi connectivity index (χ3n) is 4.77. The third kappa shape index (κ3) is 2.73. The minimum Gasteiger partial charge on any atom is -0.309 e. The van der Waals surface area contributed by atoms with E-state index in [-0.39, 0.29) is 6.04 Å². The lowest BCUT2D eigenvalue weighted by Gasteiger charge is -2.31. The van der Waals surface area contributed by atoms with Gasteiger partial charge in [0, 0.05) is 12.4 Å². The highest BCUT2D eigenvalue weighted by atomic mass is 14.9. The molecule has 1 aromatic heterocycles. The maximum absolute atomic E-state index is 4.28. The van der Waals surface area contributed by atoms with Gasteiger partial charge in [0.25, 0.3) is 0 Å². The van der Waals surface area contributed by atoms with E-state index in [4.69, 9.17) is 0 Å². The fraction of sp³-hybridized carbons (Fsp3) is 0.421. The van der Waals surface area contributed by atoms with Crippen molar-refractivity contribution in [3.63, 3.8) is 0 Å². The van der Waals surface area contributed by atoms with Gasteiger partial charge in [-0.2, -0.15) is 0 Å². The summed E-state index contributed by atoms with van der Waals surface area (Å²) in [5.74, 6) is 0.754. The molecule has 1 unspecified atom stereocenters. The monoisotopic (exact) mass is 280 g/mol. The standard InChI is InChI=1S/C19H24N2/c1-3-14-13-21-12-11-17(14)19(20-2)18-10-5-4-9-16(18)15-7-6-8-15/h4-5,9-13,15,19-20H,3,6-8H2,1-2H3. The lowest BCUT2D eigenvalue weighted by molar-refractivity contribution is 0.415. The fourth-order valence-corrected chi connectivity index (χ4v) is 3.36. The van der Waals surface area contributed by atoms with Crippen LogP contribution in [0, 0.1) is 0 Å². The van der Waals surface area contributed by atoms with Gasteiger partial charge in [0.1, 0.15) is 0 Å². The summed E-state index contributed by atoms with van der Waals surface area (Å²) in [6.45, 7) is 2.20. The number of hydrogen-bond acceptors (Lipinski definition) is 2. The van der Waals surface area contributed by atoms with Crippen LogP contribution in [0.3, 0.4) is 0 Å². The molecule has 0 spiro atoms. The van der Waals surface area contributed by atoms with Gasteiger partial charge in [-0.05, 0) is 60.5 Å². The molecule has 3 rings (SSSR count). The SMILES string of the molecule is CCc1cnccc1C(NC)c1ccccc1C1CCC1. The Morgan fingerprint density at radius 3 is 2.67 bits per heavy atom. The van der Waals surface area contributed by atoms with Gasteiger partial charge in [-0.1, -0.05) is 37.6 Å². The van der Waals surface area contributed by atoms with Crippen LogP contribution >= 0.6 is 0 Å². The van der Waals surface area contributed by atoms with E-state index in [9.17, 15) is 0 Å². The lowest BCUT2D eigenvalue weighted by Crippen LogP contribution is -2.22. The summed E-state index contributed by atoms with van der Waals surface area (Å²) < 4.78 is 0. The quantitative estimate of drug-likeness (QED) is 0.887. The Balaban J connectivity index is 2.04. The van der Waals surface area contributed by atoms with Crippen molar-refractivity contribution < 1.29 is 0 Å². The molecule has 0 bridgehead atoms. The van der Waals surface area contributed by atoms with E-state index in [0.29, 0.717) is 0 Å². The van der Waals surface area contributed by atoms with E-state index in [1.807, 2.05) is 12.4 Å². The molecule has 1 aliphatic carbocycles. The van der Waals surface area contributed by atoms with Crippen LogP contribution < -0.4 is 5.32 Å². The van der Waals surface area contributed by atoms with E-state index < -0.39 is 0 Å². The number of aryl methyl sites for hydroxylation is 1. The second kappa shape index (κ2) is 6.40. The van der Waals surface area contributed by atoms with Gasteiger partial charge in [-0.3, -0.25) is 4.98 Å². The van der Waals surface area contributed by atoms with E-state index in [1.54, 1.807) is 0 Å². The molecule has 110 valence electrons. The number of pyridine rings is 1. The van der Waals surface area contributed by atoms with Crippen molar-refractivity contribution in [2.75, 3.05) is 7.05 Å².